The summed E-state index contributed by atoms with van der Waals surface area (Å²) in [5, 5.41) is 0. The summed E-state index contributed by atoms with van der Waals surface area (Å²) in [6.07, 6.45) is 2.69. The lowest BCUT2D eigenvalue weighted by molar-refractivity contribution is 0.379. The largest absolute Gasteiger partial charge is 0.481 e. The number of hydrogen-bond donors (Lipinski definition) is 1. The minimum Gasteiger partial charge on any atom is -0.481 e. The summed E-state index contributed by atoms with van der Waals surface area (Å²) in [4.78, 5) is 4.22. The van der Waals surface area contributed by atoms with Gasteiger partial charge in [-0.05, 0) is 33.8 Å². The van der Waals surface area contributed by atoms with E-state index in [0.717, 1.165) is 16.5 Å². The van der Waals surface area contributed by atoms with Crippen molar-refractivity contribution in [2.24, 2.45) is 11.1 Å². The van der Waals surface area contributed by atoms with Crippen LogP contribution in [0.25, 0.3) is 0 Å². The zero-order valence-electron chi connectivity index (χ0n) is 9.17. The molecule has 82 valence electrons. The maximum absolute atomic E-state index is 6.35. The minimum absolute atomic E-state index is 0.128. The van der Waals surface area contributed by atoms with Crippen LogP contribution in [0.4, 0.5) is 0 Å². The summed E-state index contributed by atoms with van der Waals surface area (Å²) < 4.78 is 6.18. The molecule has 0 spiro atoms. The molecule has 1 heterocycles. The summed E-state index contributed by atoms with van der Waals surface area (Å²) in [7, 11) is 1.62. The first kappa shape index (κ1) is 10.9. The number of aromatic nitrogens is 1. The average Bonchev–Trinajstić information content (AvgIpc) is 2.67. The highest BCUT2D eigenvalue weighted by molar-refractivity contribution is 9.10. The van der Waals surface area contributed by atoms with E-state index in [1.807, 2.05) is 6.07 Å². The number of rotatable bonds is 2. The number of methoxy groups -OCH3 is 1. The highest BCUT2D eigenvalue weighted by Gasteiger charge is 2.60. The Kier molecular flexibility index (Phi) is 2.32. The van der Waals surface area contributed by atoms with Gasteiger partial charge in [0.2, 0.25) is 5.88 Å². The third kappa shape index (κ3) is 1.56. The lowest BCUT2D eigenvalue weighted by Gasteiger charge is -2.18. The Morgan fingerprint density at radius 1 is 1.53 bits per heavy atom. The van der Waals surface area contributed by atoms with Crippen LogP contribution in [0.5, 0.6) is 5.88 Å². The fourth-order valence-electron chi connectivity index (χ4n) is 2.02. The fraction of sp³-hybridized carbons (Fsp3) is 0.545. The highest BCUT2D eigenvalue weighted by Crippen LogP contribution is 2.61. The molecule has 1 aromatic rings. The Labute approximate surface area is 98.2 Å². The van der Waals surface area contributed by atoms with Crippen LogP contribution in [0.1, 0.15) is 25.8 Å². The molecule has 1 fully saturated rings. The van der Waals surface area contributed by atoms with E-state index in [9.17, 15) is 0 Å². The van der Waals surface area contributed by atoms with Crippen LogP contribution < -0.4 is 10.5 Å². The first-order valence-corrected chi connectivity index (χ1v) is 5.69. The van der Waals surface area contributed by atoms with E-state index in [1.165, 1.54) is 0 Å². The topological polar surface area (TPSA) is 48.1 Å². The molecule has 15 heavy (non-hydrogen) atoms. The van der Waals surface area contributed by atoms with Crippen LogP contribution in [0.3, 0.4) is 0 Å². The molecule has 1 unspecified atom stereocenters. The van der Waals surface area contributed by atoms with Gasteiger partial charge in [-0.3, -0.25) is 0 Å². The van der Waals surface area contributed by atoms with Crippen LogP contribution in [0, 0.1) is 5.41 Å². The molecule has 1 aromatic heterocycles. The van der Waals surface area contributed by atoms with Crippen molar-refractivity contribution in [2.45, 2.75) is 25.8 Å². The van der Waals surface area contributed by atoms with Crippen LogP contribution in [0.15, 0.2) is 16.7 Å². The van der Waals surface area contributed by atoms with Crippen molar-refractivity contribution in [1.29, 1.82) is 0 Å². The molecule has 0 amide bonds. The van der Waals surface area contributed by atoms with Crippen LogP contribution in [-0.4, -0.2) is 12.1 Å². The Bertz CT molecular complexity index is 406. The van der Waals surface area contributed by atoms with Gasteiger partial charge in [-0.2, -0.15) is 0 Å². The molecule has 0 aromatic carbocycles. The van der Waals surface area contributed by atoms with E-state index >= 15 is 0 Å². The second-order valence-electron chi connectivity index (χ2n) is 4.74. The maximum Gasteiger partial charge on any atom is 0.218 e. The molecular formula is C11H15BrN2O. The van der Waals surface area contributed by atoms with E-state index in [-0.39, 0.29) is 11.0 Å². The first-order valence-electron chi connectivity index (χ1n) is 4.89. The lowest BCUT2D eigenvalue weighted by Crippen LogP contribution is -2.26. The van der Waals surface area contributed by atoms with Crippen molar-refractivity contribution in [3.8, 4) is 5.88 Å². The predicted molar refractivity (Wildman–Crippen MR) is 62.8 cm³/mol. The summed E-state index contributed by atoms with van der Waals surface area (Å²) in [6, 6.07) is 2.00. The maximum atomic E-state index is 6.35. The summed E-state index contributed by atoms with van der Waals surface area (Å²) in [5.74, 6) is 0.631. The summed E-state index contributed by atoms with van der Waals surface area (Å²) >= 11 is 3.41. The molecule has 0 radical (unpaired) electrons. The molecule has 2 rings (SSSR count). The zero-order chi connectivity index (χ0) is 11.3. The fourth-order valence-corrected chi connectivity index (χ4v) is 2.35. The molecule has 3 nitrogen and oxygen atoms in total. The van der Waals surface area contributed by atoms with Gasteiger partial charge in [-0.1, -0.05) is 13.8 Å². The number of halogens is 1. The van der Waals surface area contributed by atoms with Crippen molar-refractivity contribution in [3.63, 3.8) is 0 Å². The van der Waals surface area contributed by atoms with E-state index < -0.39 is 0 Å². The molecule has 1 atom stereocenters. The van der Waals surface area contributed by atoms with Gasteiger partial charge in [0, 0.05) is 16.2 Å². The number of nitrogens with zero attached hydrogens (tertiary/aromatic N) is 1. The lowest BCUT2D eigenvalue weighted by atomic mass is 9.98. The van der Waals surface area contributed by atoms with Crippen molar-refractivity contribution in [2.75, 3.05) is 7.11 Å². The molecule has 1 saturated carbocycles. The number of pyridine rings is 1. The third-order valence-corrected chi connectivity index (χ3v) is 3.73. The molecule has 4 heteroatoms. The van der Waals surface area contributed by atoms with E-state index in [4.69, 9.17) is 10.5 Å². The van der Waals surface area contributed by atoms with Gasteiger partial charge in [0.15, 0.2) is 0 Å². The van der Waals surface area contributed by atoms with Crippen molar-refractivity contribution in [3.05, 3.63) is 22.3 Å². The number of nitrogens with two attached hydrogens (primary N) is 1. The highest BCUT2D eigenvalue weighted by atomic mass is 79.9. The summed E-state index contributed by atoms with van der Waals surface area (Å²) in [5.41, 5.74) is 7.17. The van der Waals surface area contributed by atoms with Crippen molar-refractivity contribution < 1.29 is 4.74 Å². The quantitative estimate of drug-likeness (QED) is 0.898. The van der Waals surface area contributed by atoms with E-state index in [0.29, 0.717) is 5.88 Å². The second kappa shape index (κ2) is 3.19. The molecule has 0 saturated heterocycles. The van der Waals surface area contributed by atoms with Crippen molar-refractivity contribution in [1.82, 2.24) is 4.98 Å². The summed E-state index contributed by atoms with van der Waals surface area (Å²) in [6.45, 7) is 4.32. The van der Waals surface area contributed by atoms with Crippen LogP contribution >= 0.6 is 15.9 Å². The number of hydrogen-bond acceptors (Lipinski definition) is 3. The monoisotopic (exact) mass is 270 g/mol. The van der Waals surface area contributed by atoms with Gasteiger partial charge in [0.25, 0.3) is 0 Å². The molecule has 1 aliphatic carbocycles. The molecule has 2 N–H and O–H groups in total. The average molecular weight is 271 g/mol. The molecule has 0 bridgehead atoms. The Morgan fingerprint density at radius 2 is 2.13 bits per heavy atom. The van der Waals surface area contributed by atoms with E-state index in [2.05, 4.69) is 34.8 Å². The van der Waals surface area contributed by atoms with Crippen molar-refractivity contribution >= 4 is 15.9 Å². The zero-order valence-corrected chi connectivity index (χ0v) is 10.8. The standard InChI is InChI=1S/C11H15BrN2O/c1-10(2)6-11(10,13)8-4-7(12)5-14-9(8)15-3/h4-5H,6,13H2,1-3H3. The smallest absolute Gasteiger partial charge is 0.218 e. The number of ether oxygens (including phenoxy) is 1. The predicted octanol–water partition coefficient (Wildman–Crippen LogP) is 2.44. The first-order chi connectivity index (χ1) is 6.90. The van der Waals surface area contributed by atoms with Gasteiger partial charge in [0.1, 0.15) is 0 Å². The molecule has 1 aliphatic rings. The van der Waals surface area contributed by atoms with Gasteiger partial charge in [0.05, 0.1) is 12.6 Å². The minimum atomic E-state index is -0.297. The van der Waals surface area contributed by atoms with Crippen LogP contribution in [-0.2, 0) is 5.54 Å². The third-order valence-electron chi connectivity index (χ3n) is 3.30. The Hall–Kier alpha value is -0.610. The normalized spacial score (nSPS) is 27.5. The van der Waals surface area contributed by atoms with Crippen LogP contribution in [0.2, 0.25) is 0 Å². The van der Waals surface area contributed by atoms with Gasteiger partial charge in [-0.25, -0.2) is 4.98 Å². The Morgan fingerprint density at radius 3 is 2.60 bits per heavy atom. The van der Waals surface area contributed by atoms with E-state index in [1.54, 1.807) is 13.3 Å². The van der Waals surface area contributed by atoms with Gasteiger partial charge in [-0.15, -0.1) is 0 Å². The Balaban J connectivity index is 2.48. The van der Waals surface area contributed by atoms with Gasteiger partial charge >= 0.3 is 0 Å². The van der Waals surface area contributed by atoms with Gasteiger partial charge < -0.3 is 10.5 Å². The molecule has 0 aliphatic heterocycles. The SMILES string of the molecule is COc1ncc(Br)cc1C1(N)CC1(C)C. The molecular weight excluding hydrogens is 256 g/mol. The second-order valence-corrected chi connectivity index (χ2v) is 5.66.